The van der Waals surface area contributed by atoms with Crippen LogP contribution in [0.5, 0.6) is 11.5 Å². The van der Waals surface area contributed by atoms with Crippen molar-refractivity contribution in [1.29, 1.82) is 5.41 Å². The fourth-order valence-electron chi connectivity index (χ4n) is 5.35. The van der Waals surface area contributed by atoms with Crippen molar-refractivity contribution in [2.75, 3.05) is 60.1 Å². The largest absolute Gasteiger partial charge is 0.493 e. The summed E-state index contributed by atoms with van der Waals surface area (Å²) in [6.45, 7) is 12.9. The molecule has 0 amide bonds. The Labute approximate surface area is 258 Å². The van der Waals surface area contributed by atoms with Gasteiger partial charge in [-0.15, -0.1) is 17.0 Å². The first kappa shape index (κ1) is 33.5. The Hall–Kier alpha value is -3.02. The molecular weight excluding hydrogens is 607 g/mol. The van der Waals surface area contributed by atoms with Crippen LogP contribution in [0, 0.1) is 11.2 Å². The summed E-state index contributed by atoms with van der Waals surface area (Å²) >= 11 is 0. The molecule has 0 aromatic heterocycles. The van der Waals surface area contributed by atoms with Gasteiger partial charge in [-0.1, -0.05) is 26.8 Å². The minimum Gasteiger partial charge on any atom is -0.493 e. The summed E-state index contributed by atoms with van der Waals surface area (Å²) in [5.41, 5.74) is 3.23. The number of carbonyl (C=O) groups is 2. The van der Waals surface area contributed by atoms with E-state index in [9.17, 15) is 9.59 Å². The second-order valence-corrected chi connectivity index (χ2v) is 11.6. The number of nitrogens with one attached hydrogen (secondary N) is 1. The summed E-state index contributed by atoms with van der Waals surface area (Å²) < 4.78 is 30.7. The number of Topliss-reactive ketones (excluding diaryl/α,β-unsaturated/α-hetero) is 1. The molecule has 1 fully saturated rings. The lowest BCUT2D eigenvalue weighted by Gasteiger charge is -2.34. The van der Waals surface area contributed by atoms with Gasteiger partial charge in [0.25, 0.3) is 0 Å². The fraction of sp³-hybridized carbons (Fsp3) is 0.516. The number of piperazine rings is 1. The van der Waals surface area contributed by atoms with Crippen LogP contribution in [0.15, 0.2) is 24.3 Å². The lowest BCUT2D eigenvalue weighted by molar-refractivity contribution is -0.144. The molecule has 230 valence electrons. The van der Waals surface area contributed by atoms with Crippen molar-refractivity contribution >= 4 is 34.6 Å². The van der Waals surface area contributed by atoms with E-state index in [1.807, 2.05) is 19.1 Å². The molecule has 1 N–H and O–H groups in total. The minimum absolute atomic E-state index is 0. The van der Waals surface area contributed by atoms with Crippen LogP contribution in [0.2, 0.25) is 0 Å². The van der Waals surface area contributed by atoms with Crippen molar-refractivity contribution in [2.45, 2.75) is 46.2 Å². The number of hydrogen-bond donors (Lipinski definition) is 1. The third-order valence-corrected chi connectivity index (χ3v) is 7.65. The van der Waals surface area contributed by atoms with Crippen LogP contribution in [-0.2, 0) is 28.0 Å². The summed E-state index contributed by atoms with van der Waals surface area (Å²) in [7, 11) is 2.80. The van der Waals surface area contributed by atoms with E-state index in [0.29, 0.717) is 30.8 Å². The van der Waals surface area contributed by atoms with Crippen molar-refractivity contribution in [2.24, 2.45) is 0 Å². The van der Waals surface area contributed by atoms with Crippen LogP contribution in [0.1, 0.15) is 60.3 Å². The number of hydrogen-bond acceptors (Lipinski definition) is 8. The van der Waals surface area contributed by atoms with Gasteiger partial charge in [0.05, 0.1) is 39.5 Å². The Morgan fingerprint density at radius 1 is 0.976 bits per heavy atom. The second-order valence-electron chi connectivity index (χ2n) is 11.6. The van der Waals surface area contributed by atoms with Crippen molar-refractivity contribution < 1.29 is 28.2 Å². The minimum atomic E-state index is -0.652. The van der Waals surface area contributed by atoms with E-state index >= 15 is 4.39 Å². The monoisotopic (exact) mass is 648 g/mol. The summed E-state index contributed by atoms with van der Waals surface area (Å²) in [5, 5.41) is 8.62. The molecule has 42 heavy (non-hydrogen) atoms. The average Bonchev–Trinajstić information content (AvgIpc) is 3.23. The van der Waals surface area contributed by atoms with Crippen LogP contribution in [-0.4, -0.2) is 92.4 Å². The molecule has 4 rings (SSSR count). The van der Waals surface area contributed by atoms with Gasteiger partial charge in [-0.3, -0.25) is 24.8 Å². The highest BCUT2D eigenvalue weighted by Gasteiger charge is 2.33. The van der Waals surface area contributed by atoms with Gasteiger partial charge in [0, 0.05) is 44.8 Å². The molecule has 0 saturated carbocycles. The third kappa shape index (κ3) is 7.48. The molecule has 2 aliphatic rings. The highest BCUT2D eigenvalue weighted by Crippen LogP contribution is 2.38. The number of rotatable bonds is 10. The number of carbonyl (C=O) groups excluding carboxylic acids is 2. The molecule has 9 nitrogen and oxygen atoms in total. The van der Waals surface area contributed by atoms with Crippen molar-refractivity contribution in [3.8, 4) is 11.5 Å². The molecule has 0 bridgehead atoms. The number of methoxy groups -OCH3 is 2. The number of amidine groups is 1. The van der Waals surface area contributed by atoms with Crippen LogP contribution >= 0.6 is 17.0 Å². The molecule has 0 radical (unpaired) electrons. The number of fused-ring (bicyclic) bond motifs is 1. The highest BCUT2D eigenvalue weighted by molar-refractivity contribution is 8.93. The van der Waals surface area contributed by atoms with Crippen molar-refractivity contribution in [1.82, 2.24) is 14.7 Å². The molecule has 0 spiro atoms. The SMILES string of the molecule is Br.CCOC(=O)CN1CCN(Cc2cc(C(=O)CN3Cc4cc(OC)c(OC)c(F)c4C3=N)cc(C(C)(C)C)c2)CC1. The van der Waals surface area contributed by atoms with Gasteiger partial charge in [0.1, 0.15) is 5.84 Å². The number of benzene rings is 2. The van der Waals surface area contributed by atoms with E-state index in [1.165, 1.54) is 14.2 Å². The van der Waals surface area contributed by atoms with Gasteiger partial charge < -0.3 is 19.1 Å². The Bertz CT molecular complexity index is 1320. The average molecular weight is 650 g/mol. The Morgan fingerprint density at radius 3 is 2.24 bits per heavy atom. The molecule has 2 heterocycles. The molecule has 0 atom stereocenters. The summed E-state index contributed by atoms with van der Waals surface area (Å²) in [6.07, 6.45) is 0. The molecule has 2 aliphatic heterocycles. The highest BCUT2D eigenvalue weighted by atomic mass is 79.9. The smallest absolute Gasteiger partial charge is 0.320 e. The summed E-state index contributed by atoms with van der Waals surface area (Å²) in [6, 6.07) is 7.69. The van der Waals surface area contributed by atoms with E-state index < -0.39 is 5.82 Å². The lowest BCUT2D eigenvalue weighted by Crippen LogP contribution is -2.47. The topological polar surface area (TPSA) is 95.4 Å². The lowest BCUT2D eigenvalue weighted by atomic mass is 9.84. The van der Waals surface area contributed by atoms with Crippen LogP contribution in [0.4, 0.5) is 4.39 Å². The van der Waals surface area contributed by atoms with E-state index in [2.05, 4.69) is 36.6 Å². The van der Waals surface area contributed by atoms with Gasteiger partial charge in [-0.2, -0.15) is 0 Å². The molecule has 2 aromatic carbocycles. The summed E-state index contributed by atoms with van der Waals surface area (Å²) in [4.78, 5) is 31.5. The Kier molecular flexibility index (Phi) is 11.1. The van der Waals surface area contributed by atoms with Gasteiger partial charge in [0.15, 0.2) is 23.1 Å². The predicted molar refractivity (Wildman–Crippen MR) is 165 cm³/mol. The first-order valence-electron chi connectivity index (χ1n) is 14.0. The number of ether oxygens (including phenoxy) is 3. The number of nitrogens with zero attached hydrogens (tertiary/aromatic N) is 3. The predicted octanol–water partition coefficient (Wildman–Crippen LogP) is 4.42. The normalized spacial score (nSPS) is 15.7. The first-order valence-corrected chi connectivity index (χ1v) is 14.0. The first-order chi connectivity index (χ1) is 19.4. The fourth-order valence-corrected chi connectivity index (χ4v) is 5.35. The molecule has 0 aliphatic carbocycles. The molecule has 11 heteroatoms. The third-order valence-electron chi connectivity index (χ3n) is 7.65. The zero-order valence-electron chi connectivity index (χ0n) is 25.3. The van der Waals surface area contributed by atoms with Gasteiger partial charge >= 0.3 is 5.97 Å². The summed E-state index contributed by atoms with van der Waals surface area (Å²) in [5.74, 6) is -0.811. The molecule has 0 unspecified atom stereocenters. The number of halogens is 2. The zero-order valence-corrected chi connectivity index (χ0v) is 27.1. The quantitative estimate of drug-likeness (QED) is 0.299. The van der Waals surface area contributed by atoms with Crippen molar-refractivity contribution in [3.63, 3.8) is 0 Å². The van der Waals surface area contributed by atoms with E-state index in [1.54, 1.807) is 11.0 Å². The van der Waals surface area contributed by atoms with Gasteiger partial charge in [-0.25, -0.2) is 4.39 Å². The second kappa shape index (κ2) is 14.0. The van der Waals surface area contributed by atoms with Crippen molar-refractivity contribution in [3.05, 3.63) is 57.9 Å². The Morgan fingerprint density at radius 2 is 1.64 bits per heavy atom. The Balaban J connectivity index is 0.00000484. The van der Waals surface area contributed by atoms with E-state index in [-0.39, 0.29) is 70.1 Å². The number of esters is 1. The maximum Gasteiger partial charge on any atom is 0.320 e. The standard InChI is InChI=1S/C31H41FN4O5.BrH/c1-7-41-26(38)19-35-10-8-34(9-11-35)16-20-12-21(14-23(13-20)31(2,3)4)24(37)18-36-17-22-15-25(39-5)29(40-6)28(32)27(22)30(36)33;/h12-15,33H,7-11,16-19H2,1-6H3;1H. The van der Waals surface area contributed by atoms with Crippen LogP contribution in [0.25, 0.3) is 0 Å². The molecule has 2 aromatic rings. The van der Waals surface area contributed by atoms with E-state index in [0.717, 1.165) is 37.3 Å². The van der Waals surface area contributed by atoms with Gasteiger partial charge in [0.2, 0.25) is 0 Å². The zero-order chi connectivity index (χ0) is 29.9. The maximum absolute atomic E-state index is 15.2. The molecular formula is C31H42BrFN4O5. The van der Waals surface area contributed by atoms with E-state index in [4.69, 9.17) is 19.6 Å². The maximum atomic E-state index is 15.2. The molecule has 1 saturated heterocycles. The number of ketones is 1. The van der Waals surface area contributed by atoms with Gasteiger partial charge in [-0.05, 0) is 47.2 Å². The van der Waals surface area contributed by atoms with Crippen LogP contribution in [0.3, 0.4) is 0 Å². The van der Waals surface area contributed by atoms with Crippen LogP contribution < -0.4 is 9.47 Å².